The Morgan fingerprint density at radius 2 is 2.08 bits per heavy atom. The van der Waals surface area contributed by atoms with Gasteiger partial charge < -0.3 is 10.6 Å². The van der Waals surface area contributed by atoms with Crippen LogP contribution in [-0.4, -0.2) is 30.4 Å². The third kappa shape index (κ3) is 2.21. The normalized spacial score (nSPS) is 29.5. The lowest BCUT2D eigenvalue weighted by Gasteiger charge is -2.31. The van der Waals surface area contributed by atoms with Crippen LogP contribution in [0.25, 0.3) is 0 Å². The van der Waals surface area contributed by atoms with Crippen LogP contribution in [0.15, 0.2) is 0 Å². The number of hydrogen-bond acceptors (Lipinski definition) is 2. The van der Waals surface area contributed by atoms with Gasteiger partial charge in [-0.25, -0.2) is 0 Å². The maximum absolute atomic E-state index is 11.6. The van der Waals surface area contributed by atoms with Gasteiger partial charge in [-0.1, -0.05) is 0 Å². The molecule has 0 bridgehead atoms. The third-order valence-corrected chi connectivity index (χ3v) is 3.13. The number of likely N-dealkylation sites (tertiary alicyclic amines) is 1. The molecule has 1 aliphatic carbocycles. The first-order valence-corrected chi connectivity index (χ1v) is 5.27. The number of amides is 1. The number of nitrogens with zero attached hydrogens (tertiary/aromatic N) is 1. The van der Waals surface area contributed by atoms with Crippen molar-refractivity contribution in [2.45, 2.75) is 25.7 Å². The second-order valence-corrected chi connectivity index (χ2v) is 4.38. The van der Waals surface area contributed by atoms with E-state index in [0.29, 0.717) is 24.8 Å². The molecule has 13 heavy (non-hydrogen) atoms. The smallest absolute Gasteiger partial charge is 0.222 e. The van der Waals surface area contributed by atoms with E-state index in [0.717, 1.165) is 25.4 Å². The van der Waals surface area contributed by atoms with Crippen molar-refractivity contribution in [1.29, 1.82) is 0 Å². The van der Waals surface area contributed by atoms with E-state index in [2.05, 4.69) is 0 Å². The van der Waals surface area contributed by atoms with Gasteiger partial charge in [-0.05, 0) is 37.6 Å². The Balaban J connectivity index is 1.81. The number of carbonyl (C=O) groups excluding carboxylic acids is 1. The van der Waals surface area contributed by atoms with Gasteiger partial charge >= 0.3 is 0 Å². The topological polar surface area (TPSA) is 46.3 Å². The molecule has 74 valence electrons. The molecule has 0 aromatic heterocycles. The third-order valence-electron chi connectivity index (χ3n) is 3.13. The van der Waals surface area contributed by atoms with Gasteiger partial charge in [0.1, 0.15) is 0 Å². The van der Waals surface area contributed by atoms with Crippen LogP contribution in [0.4, 0.5) is 0 Å². The Morgan fingerprint density at radius 3 is 2.62 bits per heavy atom. The van der Waals surface area contributed by atoms with E-state index >= 15 is 0 Å². The minimum atomic E-state index is 0.327. The number of rotatable bonds is 3. The van der Waals surface area contributed by atoms with Gasteiger partial charge in [0.05, 0.1) is 0 Å². The Labute approximate surface area is 79.3 Å². The lowest BCUT2D eigenvalue weighted by molar-refractivity contribution is -0.135. The maximum Gasteiger partial charge on any atom is 0.222 e. The Bertz CT molecular complexity index is 201. The number of piperidine rings is 1. The highest BCUT2D eigenvalue weighted by atomic mass is 16.2. The molecule has 1 heterocycles. The summed E-state index contributed by atoms with van der Waals surface area (Å²) in [5.74, 6) is 1.59. The fourth-order valence-electron chi connectivity index (χ4n) is 1.95. The van der Waals surface area contributed by atoms with Crippen molar-refractivity contribution in [2.24, 2.45) is 17.6 Å². The van der Waals surface area contributed by atoms with E-state index in [1.807, 2.05) is 4.90 Å². The average Bonchev–Trinajstić information content (AvgIpc) is 2.92. The Hall–Kier alpha value is -0.570. The summed E-state index contributed by atoms with van der Waals surface area (Å²) >= 11 is 0. The van der Waals surface area contributed by atoms with Crippen molar-refractivity contribution >= 4 is 5.91 Å². The van der Waals surface area contributed by atoms with Crippen LogP contribution in [0.3, 0.4) is 0 Å². The summed E-state index contributed by atoms with van der Waals surface area (Å²) in [4.78, 5) is 13.6. The zero-order valence-corrected chi connectivity index (χ0v) is 8.04. The molecule has 1 atom stereocenters. The highest BCUT2D eigenvalue weighted by Gasteiger charge is 2.30. The minimum Gasteiger partial charge on any atom is -0.342 e. The predicted octanol–water partition coefficient (Wildman–Crippen LogP) is 0.594. The fraction of sp³-hybridized carbons (Fsp3) is 0.900. The first kappa shape index (κ1) is 9.00. The van der Waals surface area contributed by atoms with Crippen molar-refractivity contribution in [3.63, 3.8) is 0 Å². The molecule has 1 saturated heterocycles. The molecule has 2 N–H and O–H groups in total. The van der Waals surface area contributed by atoms with Gasteiger partial charge in [-0.15, -0.1) is 0 Å². The molecule has 1 aliphatic heterocycles. The van der Waals surface area contributed by atoms with E-state index in [9.17, 15) is 4.79 Å². The molecule has 1 amide bonds. The molecule has 0 aromatic rings. The standard InChI is InChI=1S/C10H18N2O/c11-6-9-3-4-12(10(13)5-9)7-8-1-2-8/h8-9H,1-7,11H2/t9-/m1/s1. The van der Waals surface area contributed by atoms with E-state index in [-0.39, 0.29) is 0 Å². The molecule has 2 aliphatic rings. The molecule has 3 nitrogen and oxygen atoms in total. The van der Waals surface area contributed by atoms with Gasteiger partial charge in [-0.2, -0.15) is 0 Å². The van der Waals surface area contributed by atoms with Gasteiger partial charge in [0.2, 0.25) is 5.91 Å². The molecule has 1 saturated carbocycles. The first-order chi connectivity index (χ1) is 6.29. The maximum atomic E-state index is 11.6. The predicted molar refractivity (Wildman–Crippen MR) is 51.1 cm³/mol. The number of hydrogen-bond donors (Lipinski definition) is 1. The van der Waals surface area contributed by atoms with Crippen LogP contribution in [0.2, 0.25) is 0 Å². The van der Waals surface area contributed by atoms with Crippen LogP contribution < -0.4 is 5.73 Å². The fourth-order valence-corrected chi connectivity index (χ4v) is 1.95. The average molecular weight is 182 g/mol. The molecule has 2 rings (SSSR count). The summed E-state index contributed by atoms with van der Waals surface area (Å²) in [7, 11) is 0. The zero-order chi connectivity index (χ0) is 9.26. The van der Waals surface area contributed by atoms with Crippen LogP contribution in [-0.2, 0) is 4.79 Å². The second kappa shape index (κ2) is 3.66. The zero-order valence-electron chi connectivity index (χ0n) is 8.04. The van der Waals surface area contributed by atoms with Gasteiger partial charge in [0.25, 0.3) is 0 Å². The molecular weight excluding hydrogens is 164 g/mol. The van der Waals surface area contributed by atoms with Crippen molar-refractivity contribution in [1.82, 2.24) is 4.90 Å². The van der Waals surface area contributed by atoms with E-state index in [1.54, 1.807) is 0 Å². The van der Waals surface area contributed by atoms with Gasteiger partial charge in [0, 0.05) is 19.5 Å². The molecule has 0 unspecified atom stereocenters. The largest absolute Gasteiger partial charge is 0.342 e. The molecule has 0 aromatic carbocycles. The monoisotopic (exact) mass is 182 g/mol. The second-order valence-electron chi connectivity index (χ2n) is 4.38. The summed E-state index contributed by atoms with van der Waals surface area (Å²) in [6.07, 6.45) is 4.44. The first-order valence-electron chi connectivity index (χ1n) is 5.27. The van der Waals surface area contributed by atoms with Gasteiger partial charge in [-0.3, -0.25) is 4.79 Å². The lowest BCUT2D eigenvalue weighted by Crippen LogP contribution is -2.41. The SMILES string of the molecule is NC[C@@H]1CCN(CC2CC2)C(=O)C1. The quantitative estimate of drug-likeness (QED) is 0.694. The van der Waals surface area contributed by atoms with Crippen LogP contribution in [0.5, 0.6) is 0 Å². The molecule has 3 heteroatoms. The van der Waals surface area contributed by atoms with Crippen LogP contribution in [0, 0.1) is 11.8 Å². The lowest BCUT2D eigenvalue weighted by atomic mass is 9.96. The Morgan fingerprint density at radius 1 is 1.31 bits per heavy atom. The summed E-state index contributed by atoms with van der Waals surface area (Å²) < 4.78 is 0. The molecule has 0 radical (unpaired) electrons. The number of nitrogens with two attached hydrogens (primary N) is 1. The van der Waals surface area contributed by atoms with Crippen molar-refractivity contribution < 1.29 is 4.79 Å². The van der Waals surface area contributed by atoms with Crippen molar-refractivity contribution in [3.8, 4) is 0 Å². The highest BCUT2D eigenvalue weighted by Crippen LogP contribution is 2.31. The van der Waals surface area contributed by atoms with E-state index in [1.165, 1.54) is 12.8 Å². The summed E-state index contributed by atoms with van der Waals surface area (Å²) in [5.41, 5.74) is 5.55. The van der Waals surface area contributed by atoms with E-state index < -0.39 is 0 Å². The summed E-state index contributed by atoms with van der Waals surface area (Å²) in [6, 6.07) is 0. The van der Waals surface area contributed by atoms with Crippen LogP contribution in [0.1, 0.15) is 25.7 Å². The summed E-state index contributed by atoms with van der Waals surface area (Å²) in [6.45, 7) is 2.62. The highest BCUT2D eigenvalue weighted by molar-refractivity contribution is 5.77. The molecule has 0 spiro atoms. The minimum absolute atomic E-state index is 0.327. The summed E-state index contributed by atoms with van der Waals surface area (Å²) in [5, 5.41) is 0. The van der Waals surface area contributed by atoms with Gasteiger partial charge in [0.15, 0.2) is 0 Å². The Kier molecular flexibility index (Phi) is 2.54. The van der Waals surface area contributed by atoms with Crippen molar-refractivity contribution in [2.75, 3.05) is 19.6 Å². The number of carbonyl (C=O) groups is 1. The van der Waals surface area contributed by atoms with E-state index in [4.69, 9.17) is 5.73 Å². The van der Waals surface area contributed by atoms with Crippen LogP contribution >= 0.6 is 0 Å². The molecular formula is C10H18N2O. The van der Waals surface area contributed by atoms with Crippen molar-refractivity contribution in [3.05, 3.63) is 0 Å². The molecule has 2 fully saturated rings.